The van der Waals surface area contributed by atoms with Crippen LogP contribution in [0.5, 0.6) is 0 Å². The third kappa shape index (κ3) is 2.89. The molecular formula is C26H19ClO. The highest BCUT2D eigenvalue weighted by Crippen LogP contribution is 2.38. The van der Waals surface area contributed by atoms with Crippen LogP contribution < -0.4 is 0 Å². The normalized spacial score (nSPS) is 11.5. The van der Waals surface area contributed by atoms with Gasteiger partial charge in [0.1, 0.15) is 11.2 Å². The molecule has 0 unspecified atom stereocenters. The van der Waals surface area contributed by atoms with Gasteiger partial charge >= 0.3 is 0 Å². The van der Waals surface area contributed by atoms with Gasteiger partial charge in [-0.25, -0.2) is 0 Å². The number of fused-ring (bicyclic) bond motifs is 3. The summed E-state index contributed by atoms with van der Waals surface area (Å²) in [6, 6.07) is 31.7. The first kappa shape index (κ1) is 17.1. The SMILES string of the molecule is Cc1cc(Cl)cc2oc3ccc(C(c4ccccc4)c4ccccc4)cc3c12. The first-order valence-electron chi connectivity index (χ1n) is 9.43. The number of aryl methyl sites for hydroxylation is 1. The van der Waals surface area contributed by atoms with E-state index in [1.54, 1.807) is 0 Å². The lowest BCUT2D eigenvalue weighted by molar-refractivity contribution is 0.668. The van der Waals surface area contributed by atoms with Crippen LogP contribution in [0, 0.1) is 6.92 Å². The minimum absolute atomic E-state index is 0.171. The van der Waals surface area contributed by atoms with Gasteiger partial charge in [0, 0.05) is 27.8 Å². The van der Waals surface area contributed by atoms with Gasteiger partial charge in [0.05, 0.1) is 0 Å². The topological polar surface area (TPSA) is 13.1 Å². The number of furan rings is 1. The number of rotatable bonds is 3. The van der Waals surface area contributed by atoms with Crippen LogP contribution in [0.2, 0.25) is 5.02 Å². The summed E-state index contributed by atoms with van der Waals surface area (Å²) in [5, 5.41) is 2.98. The molecule has 0 atom stereocenters. The van der Waals surface area contributed by atoms with Crippen LogP contribution in [-0.4, -0.2) is 0 Å². The summed E-state index contributed by atoms with van der Waals surface area (Å²) >= 11 is 6.23. The number of hydrogen-bond donors (Lipinski definition) is 0. The summed E-state index contributed by atoms with van der Waals surface area (Å²) in [6.07, 6.45) is 0. The molecule has 0 amide bonds. The van der Waals surface area contributed by atoms with Crippen LogP contribution in [0.3, 0.4) is 0 Å². The Morgan fingerprint density at radius 3 is 1.96 bits per heavy atom. The molecule has 2 heteroatoms. The molecule has 0 aliphatic rings. The smallest absolute Gasteiger partial charge is 0.137 e. The van der Waals surface area contributed by atoms with Gasteiger partial charge < -0.3 is 4.42 Å². The quantitative estimate of drug-likeness (QED) is 0.291. The monoisotopic (exact) mass is 382 g/mol. The fraction of sp³-hybridized carbons (Fsp3) is 0.0769. The van der Waals surface area contributed by atoms with Crippen LogP contribution >= 0.6 is 11.6 Å². The van der Waals surface area contributed by atoms with E-state index in [9.17, 15) is 0 Å². The highest BCUT2D eigenvalue weighted by molar-refractivity contribution is 6.31. The standard InChI is InChI=1S/C26H19ClO/c1-17-14-21(27)16-24-25(17)22-15-20(12-13-23(22)28-24)26(18-8-4-2-5-9-18)19-10-6-3-7-11-19/h2-16,26H,1H3. The summed E-state index contributed by atoms with van der Waals surface area (Å²) in [5.74, 6) is 0.171. The zero-order valence-corrected chi connectivity index (χ0v) is 16.3. The molecule has 5 rings (SSSR count). The molecule has 1 nitrogen and oxygen atoms in total. The van der Waals surface area contributed by atoms with Crippen molar-refractivity contribution in [2.75, 3.05) is 0 Å². The highest BCUT2D eigenvalue weighted by Gasteiger charge is 2.19. The first-order chi connectivity index (χ1) is 13.7. The lowest BCUT2D eigenvalue weighted by Gasteiger charge is -2.19. The van der Waals surface area contributed by atoms with Gasteiger partial charge in [-0.05, 0) is 47.4 Å². The lowest BCUT2D eigenvalue weighted by atomic mass is 9.84. The average Bonchev–Trinajstić information content (AvgIpc) is 3.07. The summed E-state index contributed by atoms with van der Waals surface area (Å²) in [6.45, 7) is 2.09. The van der Waals surface area contributed by atoms with Crippen LogP contribution in [0.15, 0.2) is 95.4 Å². The fourth-order valence-corrected chi connectivity index (χ4v) is 4.40. The van der Waals surface area contributed by atoms with Gasteiger partial charge in [-0.3, -0.25) is 0 Å². The molecule has 136 valence electrons. The highest BCUT2D eigenvalue weighted by atomic mass is 35.5. The maximum Gasteiger partial charge on any atom is 0.137 e. The predicted octanol–water partition coefficient (Wildman–Crippen LogP) is 7.73. The van der Waals surface area contributed by atoms with E-state index in [1.165, 1.54) is 16.7 Å². The molecule has 0 saturated heterocycles. The van der Waals surface area contributed by atoms with Gasteiger partial charge in [-0.2, -0.15) is 0 Å². The Kier molecular flexibility index (Phi) is 4.18. The van der Waals surface area contributed by atoms with Crippen molar-refractivity contribution >= 4 is 33.5 Å². The zero-order chi connectivity index (χ0) is 19.1. The molecule has 0 aliphatic carbocycles. The molecule has 1 aromatic heterocycles. The maximum absolute atomic E-state index is 6.23. The van der Waals surface area contributed by atoms with Crippen LogP contribution in [0.4, 0.5) is 0 Å². The molecule has 0 fully saturated rings. The first-order valence-corrected chi connectivity index (χ1v) is 9.81. The zero-order valence-electron chi connectivity index (χ0n) is 15.5. The molecule has 0 aliphatic heterocycles. The molecule has 0 bridgehead atoms. The minimum atomic E-state index is 0.171. The van der Waals surface area contributed by atoms with Gasteiger partial charge in [0.15, 0.2) is 0 Å². The Hall–Kier alpha value is -3.03. The summed E-state index contributed by atoms with van der Waals surface area (Å²) in [5.41, 5.74) is 6.68. The van der Waals surface area contributed by atoms with E-state index in [-0.39, 0.29) is 5.92 Å². The molecule has 0 radical (unpaired) electrons. The van der Waals surface area contributed by atoms with Crippen molar-refractivity contribution in [1.29, 1.82) is 0 Å². The van der Waals surface area contributed by atoms with Crippen molar-refractivity contribution in [1.82, 2.24) is 0 Å². The predicted molar refractivity (Wildman–Crippen MR) is 117 cm³/mol. The van der Waals surface area contributed by atoms with Gasteiger partial charge in [0.25, 0.3) is 0 Å². The van der Waals surface area contributed by atoms with Crippen molar-refractivity contribution in [2.45, 2.75) is 12.8 Å². The van der Waals surface area contributed by atoms with E-state index < -0.39 is 0 Å². The summed E-state index contributed by atoms with van der Waals surface area (Å²) < 4.78 is 6.08. The molecule has 0 spiro atoms. The van der Waals surface area contributed by atoms with Crippen molar-refractivity contribution in [2.24, 2.45) is 0 Å². The van der Waals surface area contributed by atoms with E-state index in [1.807, 2.05) is 12.1 Å². The molecule has 4 aromatic carbocycles. The van der Waals surface area contributed by atoms with Crippen molar-refractivity contribution in [3.8, 4) is 0 Å². The summed E-state index contributed by atoms with van der Waals surface area (Å²) in [7, 11) is 0. The second-order valence-corrected chi connectivity index (χ2v) is 7.64. The molecular weight excluding hydrogens is 364 g/mol. The van der Waals surface area contributed by atoms with E-state index in [0.717, 1.165) is 27.5 Å². The molecule has 0 N–H and O–H groups in total. The number of benzene rings is 4. The van der Waals surface area contributed by atoms with Gasteiger partial charge in [0.2, 0.25) is 0 Å². The third-order valence-electron chi connectivity index (χ3n) is 5.36. The molecule has 5 aromatic rings. The second-order valence-electron chi connectivity index (χ2n) is 7.21. The fourth-order valence-electron chi connectivity index (χ4n) is 4.14. The lowest BCUT2D eigenvalue weighted by Crippen LogP contribution is -2.03. The number of hydrogen-bond acceptors (Lipinski definition) is 1. The van der Waals surface area contributed by atoms with Crippen LogP contribution in [0.25, 0.3) is 21.9 Å². The van der Waals surface area contributed by atoms with Crippen LogP contribution in [0.1, 0.15) is 28.2 Å². The summed E-state index contributed by atoms with van der Waals surface area (Å²) in [4.78, 5) is 0. The average molecular weight is 383 g/mol. The van der Waals surface area contributed by atoms with Crippen molar-refractivity contribution < 1.29 is 4.42 Å². The van der Waals surface area contributed by atoms with E-state index in [2.05, 4.69) is 85.8 Å². The Morgan fingerprint density at radius 1 is 0.679 bits per heavy atom. The Bertz CT molecular complexity index is 1230. The molecule has 1 heterocycles. The van der Waals surface area contributed by atoms with Gasteiger partial charge in [-0.1, -0.05) is 78.3 Å². The van der Waals surface area contributed by atoms with Crippen molar-refractivity contribution in [3.05, 3.63) is 118 Å². The Morgan fingerprint density at radius 2 is 1.32 bits per heavy atom. The Balaban J connectivity index is 1.76. The Labute approximate surface area is 169 Å². The van der Waals surface area contributed by atoms with E-state index >= 15 is 0 Å². The van der Waals surface area contributed by atoms with Crippen LogP contribution in [-0.2, 0) is 0 Å². The van der Waals surface area contributed by atoms with E-state index in [4.69, 9.17) is 16.0 Å². The van der Waals surface area contributed by atoms with Gasteiger partial charge in [-0.15, -0.1) is 0 Å². The third-order valence-corrected chi connectivity index (χ3v) is 5.57. The molecule has 0 saturated carbocycles. The maximum atomic E-state index is 6.23. The molecule has 28 heavy (non-hydrogen) atoms. The number of halogens is 1. The van der Waals surface area contributed by atoms with Crippen molar-refractivity contribution in [3.63, 3.8) is 0 Å². The largest absolute Gasteiger partial charge is 0.456 e. The second kappa shape index (κ2) is 6.85. The van der Waals surface area contributed by atoms with E-state index in [0.29, 0.717) is 5.02 Å². The minimum Gasteiger partial charge on any atom is -0.456 e.